The molecule has 25 heavy (non-hydrogen) atoms. The van der Waals surface area contributed by atoms with Crippen molar-refractivity contribution >= 4 is 10.2 Å². The van der Waals surface area contributed by atoms with Crippen LogP contribution in [0.15, 0.2) is 38.0 Å². The lowest BCUT2D eigenvalue weighted by atomic mass is 9.86. The second-order valence-electron chi connectivity index (χ2n) is 8.00. The Morgan fingerprint density at radius 2 is 1.04 bits per heavy atom. The first-order valence-corrected chi connectivity index (χ1v) is 12.0. The molecule has 0 aromatic heterocycles. The van der Waals surface area contributed by atoms with Crippen LogP contribution < -0.4 is 0 Å². The summed E-state index contributed by atoms with van der Waals surface area (Å²) in [5.74, 6) is 0.534. The molecule has 0 aromatic rings. The van der Waals surface area contributed by atoms with Crippen molar-refractivity contribution in [3.8, 4) is 0 Å². The van der Waals surface area contributed by atoms with E-state index in [1.807, 2.05) is 0 Å². The van der Waals surface area contributed by atoms with Crippen molar-refractivity contribution in [1.82, 2.24) is 0 Å². The summed E-state index contributed by atoms with van der Waals surface area (Å²) in [5.41, 5.74) is 0. The third-order valence-corrected chi connectivity index (χ3v) is 7.39. The lowest BCUT2D eigenvalue weighted by Crippen LogP contribution is -2.17. The fourth-order valence-electron chi connectivity index (χ4n) is 3.63. The van der Waals surface area contributed by atoms with Gasteiger partial charge < -0.3 is 0 Å². The van der Waals surface area contributed by atoms with Crippen molar-refractivity contribution in [2.45, 2.75) is 108 Å². The molecule has 0 aromatic carbocycles. The Bertz CT molecular complexity index is 323. The second-order valence-corrected chi connectivity index (χ2v) is 9.73. The predicted molar refractivity (Wildman–Crippen MR) is 122 cm³/mol. The minimum atomic E-state index is 0.137. The van der Waals surface area contributed by atoms with Crippen molar-refractivity contribution in [3.63, 3.8) is 0 Å². The summed E-state index contributed by atoms with van der Waals surface area (Å²) in [6.45, 7) is 14.3. The molecular formula is C24H46Si. The Kier molecular flexibility index (Phi) is 16.5. The third-order valence-electron chi connectivity index (χ3n) is 5.83. The van der Waals surface area contributed by atoms with E-state index in [0.717, 1.165) is 10.2 Å². The van der Waals surface area contributed by atoms with Gasteiger partial charge >= 0.3 is 0 Å². The number of hydrogen-bond acceptors (Lipinski definition) is 0. The van der Waals surface area contributed by atoms with E-state index in [-0.39, 0.29) is 5.04 Å². The van der Waals surface area contributed by atoms with Gasteiger partial charge in [-0.15, -0.1) is 19.7 Å². The molecule has 1 unspecified atom stereocenters. The smallest absolute Gasteiger partial charge is 0.0209 e. The molecule has 0 nitrogen and oxygen atoms in total. The number of unbranched alkanes of at least 4 members (excludes halogenated alkanes) is 13. The lowest BCUT2D eigenvalue weighted by molar-refractivity contribution is 0.479. The molecule has 0 heterocycles. The Morgan fingerprint density at radius 3 is 1.36 bits per heavy atom. The number of rotatable bonds is 19. The summed E-state index contributed by atoms with van der Waals surface area (Å²) in [6.07, 6.45) is 27.4. The van der Waals surface area contributed by atoms with Crippen LogP contribution in [0.2, 0.25) is 5.04 Å². The number of allylic oxidation sites excluding steroid dienone is 3. The van der Waals surface area contributed by atoms with E-state index < -0.39 is 0 Å². The Labute approximate surface area is 162 Å². The van der Waals surface area contributed by atoms with Gasteiger partial charge in [0.25, 0.3) is 0 Å². The van der Waals surface area contributed by atoms with E-state index >= 15 is 0 Å². The van der Waals surface area contributed by atoms with Crippen LogP contribution in [0.3, 0.4) is 0 Å². The molecule has 0 saturated heterocycles. The van der Waals surface area contributed by atoms with E-state index in [0.29, 0.717) is 5.92 Å². The molecule has 0 spiro atoms. The molecule has 0 rings (SSSR count). The van der Waals surface area contributed by atoms with Crippen LogP contribution in [-0.4, -0.2) is 10.2 Å². The normalized spacial score (nSPS) is 12.8. The molecular weight excluding hydrogens is 316 g/mol. The molecule has 1 atom stereocenters. The predicted octanol–water partition coefficient (Wildman–Crippen LogP) is 7.56. The summed E-state index contributed by atoms with van der Waals surface area (Å²) < 4.78 is 0. The second kappa shape index (κ2) is 16.9. The SMILES string of the molecule is C=CC(CCCCCCCCCCCCCCCC)C([SiH3])(C=C)C=C. The van der Waals surface area contributed by atoms with Crippen molar-refractivity contribution in [2.75, 3.05) is 0 Å². The highest BCUT2D eigenvalue weighted by molar-refractivity contribution is 6.18. The zero-order valence-corrected chi connectivity index (χ0v) is 19.5. The maximum atomic E-state index is 4.03. The van der Waals surface area contributed by atoms with E-state index in [2.05, 4.69) is 44.9 Å². The van der Waals surface area contributed by atoms with Crippen LogP contribution in [0.4, 0.5) is 0 Å². The highest BCUT2D eigenvalue weighted by Gasteiger charge is 2.24. The standard InChI is InChI=1S/C24H46Si/c1-5-9-10-11-12-13-14-15-16-17-18-19-20-21-22-23(6-2)24(25,7-3)8-4/h6-8,23H,2-5,9-22H2,1,25H3. The Morgan fingerprint density at radius 1 is 0.680 bits per heavy atom. The molecule has 0 radical (unpaired) electrons. The molecule has 0 N–H and O–H groups in total. The highest BCUT2D eigenvalue weighted by atomic mass is 28.1. The van der Waals surface area contributed by atoms with Crippen LogP contribution in [0.25, 0.3) is 0 Å². The molecule has 1 heteroatoms. The summed E-state index contributed by atoms with van der Waals surface area (Å²) in [4.78, 5) is 0. The monoisotopic (exact) mass is 362 g/mol. The zero-order valence-electron chi connectivity index (χ0n) is 17.5. The molecule has 0 amide bonds. The molecule has 0 aliphatic rings. The fraction of sp³-hybridized carbons (Fsp3) is 0.750. The van der Waals surface area contributed by atoms with Crippen molar-refractivity contribution in [3.05, 3.63) is 38.0 Å². The first-order chi connectivity index (χ1) is 12.1. The van der Waals surface area contributed by atoms with Crippen LogP contribution in [0.5, 0.6) is 0 Å². The quantitative estimate of drug-likeness (QED) is 0.126. The van der Waals surface area contributed by atoms with Gasteiger partial charge in [0.15, 0.2) is 0 Å². The lowest BCUT2D eigenvalue weighted by Gasteiger charge is -2.30. The Balaban J connectivity index is 3.45. The third kappa shape index (κ3) is 12.4. The molecule has 146 valence electrons. The van der Waals surface area contributed by atoms with Gasteiger partial charge in [-0.25, -0.2) is 0 Å². The molecule has 0 aliphatic heterocycles. The van der Waals surface area contributed by atoms with Crippen LogP contribution in [0.1, 0.15) is 103 Å². The maximum Gasteiger partial charge on any atom is 0.0209 e. The average Bonchev–Trinajstić information content (AvgIpc) is 2.64. The highest BCUT2D eigenvalue weighted by Crippen LogP contribution is 2.38. The van der Waals surface area contributed by atoms with E-state index in [1.165, 1.54) is 96.3 Å². The molecule has 0 aliphatic carbocycles. The van der Waals surface area contributed by atoms with Gasteiger partial charge in [0, 0.05) is 10.2 Å². The minimum Gasteiger partial charge on any atom is -0.103 e. The number of hydrogen-bond donors (Lipinski definition) is 0. The van der Waals surface area contributed by atoms with E-state index in [4.69, 9.17) is 0 Å². The van der Waals surface area contributed by atoms with Gasteiger partial charge in [-0.2, -0.15) is 0 Å². The van der Waals surface area contributed by atoms with Gasteiger partial charge in [0.05, 0.1) is 0 Å². The van der Waals surface area contributed by atoms with Crippen LogP contribution in [-0.2, 0) is 0 Å². The summed E-state index contributed by atoms with van der Waals surface area (Å²) in [7, 11) is 1.08. The topological polar surface area (TPSA) is 0 Å². The largest absolute Gasteiger partial charge is 0.103 e. The maximum absolute atomic E-state index is 4.03. The summed E-state index contributed by atoms with van der Waals surface area (Å²) >= 11 is 0. The van der Waals surface area contributed by atoms with Crippen LogP contribution in [0, 0.1) is 5.92 Å². The zero-order chi connectivity index (χ0) is 18.8. The molecule has 0 fully saturated rings. The minimum absolute atomic E-state index is 0.137. The molecule has 0 bridgehead atoms. The fourth-order valence-corrected chi connectivity index (χ4v) is 4.15. The summed E-state index contributed by atoms with van der Waals surface area (Å²) in [5, 5.41) is 0.137. The Hall–Kier alpha value is -0.563. The van der Waals surface area contributed by atoms with Gasteiger partial charge in [0.1, 0.15) is 0 Å². The van der Waals surface area contributed by atoms with Gasteiger partial charge in [-0.3, -0.25) is 0 Å². The first kappa shape index (κ1) is 24.4. The van der Waals surface area contributed by atoms with Crippen LogP contribution >= 0.6 is 0 Å². The van der Waals surface area contributed by atoms with E-state index in [1.54, 1.807) is 0 Å². The molecule has 0 saturated carbocycles. The van der Waals surface area contributed by atoms with E-state index in [9.17, 15) is 0 Å². The van der Waals surface area contributed by atoms with Crippen molar-refractivity contribution < 1.29 is 0 Å². The summed E-state index contributed by atoms with van der Waals surface area (Å²) in [6, 6.07) is 0. The van der Waals surface area contributed by atoms with Gasteiger partial charge in [-0.05, 0) is 17.4 Å². The van der Waals surface area contributed by atoms with Gasteiger partial charge in [-0.1, -0.05) is 115 Å². The van der Waals surface area contributed by atoms with Gasteiger partial charge in [0.2, 0.25) is 0 Å². The average molecular weight is 363 g/mol. The van der Waals surface area contributed by atoms with Crippen molar-refractivity contribution in [1.29, 1.82) is 0 Å². The van der Waals surface area contributed by atoms with Crippen molar-refractivity contribution in [2.24, 2.45) is 5.92 Å². The first-order valence-electron chi connectivity index (χ1n) is 11.0.